The van der Waals surface area contributed by atoms with Crippen LogP contribution in [0.2, 0.25) is 0 Å². The molecule has 4 rings (SSSR count). The van der Waals surface area contributed by atoms with E-state index in [1.807, 2.05) is 84.7 Å². The number of anilines is 3. The molecule has 0 aliphatic carbocycles. The second-order valence-electron chi connectivity index (χ2n) is 7.02. The van der Waals surface area contributed by atoms with Crippen molar-refractivity contribution < 1.29 is 5.11 Å². The van der Waals surface area contributed by atoms with Gasteiger partial charge >= 0.3 is 0 Å². The van der Waals surface area contributed by atoms with Gasteiger partial charge in [-0.3, -0.25) is 0 Å². The Morgan fingerprint density at radius 2 is 1.48 bits per heavy atom. The highest BCUT2D eigenvalue weighted by Gasteiger charge is 2.14. The first-order valence-electron chi connectivity index (χ1n) is 10.1. The summed E-state index contributed by atoms with van der Waals surface area (Å²) in [6, 6.07) is 23.4. The summed E-state index contributed by atoms with van der Waals surface area (Å²) in [7, 11) is 1.91. The molecule has 2 aromatic heterocycles. The maximum absolute atomic E-state index is 9.48. The molecule has 0 radical (unpaired) electrons. The lowest BCUT2D eigenvalue weighted by Gasteiger charge is -2.21. The predicted molar refractivity (Wildman–Crippen MR) is 122 cm³/mol. The number of aliphatic hydroxyl groups excluding tert-OH is 1. The van der Waals surface area contributed by atoms with E-state index in [9.17, 15) is 5.11 Å². The van der Waals surface area contributed by atoms with E-state index < -0.39 is 0 Å². The van der Waals surface area contributed by atoms with Gasteiger partial charge in [-0.05, 0) is 24.1 Å². The van der Waals surface area contributed by atoms with Gasteiger partial charge in [0.05, 0.1) is 6.04 Å². The molecular formula is C24H24N6O. The number of rotatable bonds is 8. The highest BCUT2D eigenvalue weighted by atomic mass is 16.3. The largest absolute Gasteiger partial charge is 0.396 e. The number of benzene rings is 2. The van der Waals surface area contributed by atoms with Gasteiger partial charge in [0.1, 0.15) is 11.6 Å². The number of nitrogens with zero attached hydrogens (tertiary/aromatic N) is 5. The highest BCUT2D eigenvalue weighted by molar-refractivity contribution is 5.61. The number of aromatic nitrogens is 4. The Bertz CT molecular complexity index is 1110. The molecule has 7 nitrogen and oxygen atoms in total. The normalized spacial score (nSPS) is 11.7. The van der Waals surface area contributed by atoms with E-state index >= 15 is 0 Å². The maximum Gasteiger partial charge on any atom is 0.225 e. The first kappa shape index (κ1) is 20.4. The lowest BCUT2D eigenvalue weighted by Crippen LogP contribution is -2.17. The average Bonchev–Trinajstić information content (AvgIpc) is 2.85. The van der Waals surface area contributed by atoms with Crippen molar-refractivity contribution in [2.45, 2.75) is 12.5 Å². The minimum Gasteiger partial charge on any atom is -0.396 e. The van der Waals surface area contributed by atoms with Gasteiger partial charge in [-0.25, -0.2) is 15.0 Å². The molecule has 0 saturated carbocycles. The zero-order valence-electron chi connectivity index (χ0n) is 17.3. The van der Waals surface area contributed by atoms with Crippen LogP contribution in [0, 0.1) is 0 Å². The minimum atomic E-state index is -0.0875. The average molecular weight is 412 g/mol. The topological polar surface area (TPSA) is 87.1 Å². The molecule has 2 aromatic carbocycles. The van der Waals surface area contributed by atoms with Crippen LogP contribution in [0.3, 0.4) is 0 Å². The molecule has 4 aromatic rings. The Balaban J connectivity index is 1.56. The van der Waals surface area contributed by atoms with Crippen molar-refractivity contribution in [3.8, 4) is 11.4 Å². The predicted octanol–water partition coefficient (Wildman–Crippen LogP) is 4.24. The molecule has 0 saturated heterocycles. The van der Waals surface area contributed by atoms with Crippen LogP contribution in [0.15, 0.2) is 85.2 Å². The maximum atomic E-state index is 9.48. The molecule has 0 bridgehead atoms. The molecule has 2 N–H and O–H groups in total. The molecule has 0 aliphatic heterocycles. The molecule has 0 spiro atoms. The minimum absolute atomic E-state index is 0.0648. The molecule has 31 heavy (non-hydrogen) atoms. The van der Waals surface area contributed by atoms with Gasteiger partial charge in [-0.1, -0.05) is 60.7 Å². The molecule has 0 aliphatic rings. The van der Waals surface area contributed by atoms with Crippen LogP contribution in [0.1, 0.15) is 18.0 Å². The SMILES string of the molecule is CN(c1ccnc(NC(CCO)c2ccccc2)n1)c1ccnc(-c2ccccc2)n1. The summed E-state index contributed by atoms with van der Waals surface area (Å²) in [6.07, 6.45) is 4.01. The van der Waals surface area contributed by atoms with Gasteiger partial charge < -0.3 is 15.3 Å². The molecule has 0 amide bonds. The Kier molecular flexibility index (Phi) is 6.44. The number of aliphatic hydroxyl groups is 1. The van der Waals surface area contributed by atoms with Crippen molar-refractivity contribution in [3.63, 3.8) is 0 Å². The van der Waals surface area contributed by atoms with E-state index in [0.717, 1.165) is 16.9 Å². The summed E-state index contributed by atoms with van der Waals surface area (Å²) in [5.41, 5.74) is 2.03. The third kappa shape index (κ3) is 5.02. The molecule has 7 heteroatoms. The third-order valence-electron chi connectivity index (χ3n) is 4.92. The third-order valence-corrected chi connectivity index (χ3v) is 4.92. The number of nitrogens with one attached hydrogen (secondary N) is 1. The monoisotopic (exact) mass is 412 g/mol. The second-order valence-corrected chi connectivity index (χ2v) is 7.02. The first-order chi connectivity index (χ1) is 15.2. The van der Waals surface area contributed by atoms with Gasteiger partial charge in [0.25, 0.3) is 0 Å². The Morgan fingerprint density at radius 3 is 2.19 bits per heavy atom. The van der Waals surface area contributed by atoms with Crippen molar-refractivity contribution in [1.82, 2.24) is 19.9 Å². The second kappa shape index (κ2) is 9.77. The number of hydrogen-bond acceptors (Lipinski definition) is 7. The lowest BCUT2D eigenvalue weighted by atomic mass is 10.0. The van der Waals surface area contributed by atoms with Crippen molar-refractivity contribution >= 4 is 17.6 Å². The van der Waals surface area contributed by atoms with Crippen LogP contribution in [0.25, 0.3) is 11.4 Å². The van der Waals surface area contributed by atoms with Crippen LogP contribution < -0.4 is 10.2 Å². The summed E-state index contributed by atoms with van der Waals surface area (Å²) < 4.78 is 0. The fourth-order valence-corrected chi connectivity index (χ4v) is 3.28. The van der Waals surface area contributed by atoms with Gasteiger partial charge in [0.15, 0.2) is 5.82 Å². The summed E-state index contributed by atoms with van der Waals surface area (Å²) in [4.78, 5) is 20.0. The fraction of sp³-hybridized carbons (Fsp3) is 0.167. The molecule has 0 fully saturated rings. The van der Waals surface area contributed by atoms with E-state index in [1.165, 1.54) is 0 Å². The standard InChI is InChI=1S/C24H24N6O/c1-30(21-12-15-25-23(28-21)19-10-6-3-7-11-19)22-13-16-26-24(29-22)27-20(14-17-31)18-8-4-2-5-9-18/h2-13,15-16,20,31H,14,17H2,1H3,(H,26,27,29). The molecule has 2 heterocycles. The van der Waals surface area contributed by atoms with Crippen LogP contribution >= 0.6 is 0 Å². The summed E-state index contributed by atoms with van der Waals surface area (Å²) >= 11 is 0. The smallest absolute Gasteiger partial charge is 0.225 e. The summed E-state index contributed by atoms with van der Waals surface area (Å²) in [5.74, 6) is 2.58. The van der Waals surface area contributed by atoms with Gasteiger partial charge in [-0.15, -0.1) is 0 Å². The molecular weight excluding hydrogens is 388 g/mol. The molecule has 156 valence electrons. The molecule has 1 unspecified atom stereocenters. The Morgan fingerprint density at radius 1 is 0.839 bits per heavy atom. The van der Waals surface area contributed by atoms with Crippen molar-refractivity contribution in [3.05, 3.63) is 90.8 Å². The van der Waals surface area contributed by atoms with Gasteiger partial charge in [0, 0.05) is 31.6 Å². The zero-order chi connectivity index (χ0) is 21.5. The van der Waals surface area contributed by atoms with E-state index in [-0.39, 0.29) is 12.6 Å². The zero-order valence-corrected chi connectivity index (χ0v) is 17.3. The Labute approximate surface area is 181 Å². The van der Waals surface area contributed by atoms with E-state index in [0.29, 0.717) is 24.0 Å². The van der Waals surface area contributed by atoms with Crippen molar-refractivity contribution in [2.75, 3.05) is 23.9 Å². The van der Waals surface area contributed by atoms with Crippen LogP contribution in [0.4, 0.5) is 17.6 Å². The van der Waals surface area contributed by atoms with Gasteiger partial charge in [-0.2, -0.15) is 4.98 Å². The van der Waals surface area contributed by atoms with Gasteiger partial charge in [0.2, 0.25) is 5.95 Å². The summed E-state index contributed by atoms with van der Waals surface area (Å²) in [5, 5.41) is 12.8. The van der Waals surface area contributed by atoms with Crippen LogP contribution in [-0.2, 0) is 0 Å². The Hall–Kier alpha value is -3.84. The highest BCUT2D eigenvalue weighted by Crippen LogP contribution is 2.25. The van der Waals surface area contributed by atoms with Crippen molar-refractivity contribution in [1.29, 1.82) is 0 Å². The first-order valence-corrected chi connectivity index (χ1v) is 10.1. The van der Waals surface area contributed by atoms with Crippen LogP contribution in [-0.4, -0.2) is 38.7 Å². The number of hydrogen-bond donors (Lipinski definition) is 2. The van der Waals surface area contributed by atoms with E-state index in [4.69, 9.17) is 0 Å². The lowest BCUT2D eigenvalue weighted by molar-refractivity contribution is 0.280. The van der Waals surface area contributed by atoms with E-state index in [2.05, 4.69) is 25.3 Å². The van der Waals surface area contributed by atoms with Crippen LogP contribution in [0.5, 0.6) is 0 Å². The van der Waals surface area contributed by atoms with Crippen molar-refractivity contribution in [2.24, 2.45) is 0 Å². The quantitative estimate of drug-likeness (QED) is 0.448. The van der Waals surface area contributed by atoms with E-state index in [1.54, 1.807) is 12.4 Å². The molecule has 1 atom stereocenters. The fourth-order valence-electron chi connectivity index (χ4n) is 3.28. The summed E-state index contributed by atoms with van der Waals surface area (Å²) in [6.45, 7) is 0.0648.